The first kappa shape index (κ1) is 19.8. The van der Waals surface area contributed by atoms with E-state index in [-0.39, 0.29) is 24.1 Å². The molecule has 1 saturated heterocycles. The first-order valence-corrected chi connectivity index (χ1v) is 10.4. The lowest BCUT2D eigenvalue weighted by Gasteiger charge is -2.22. The van der Waals surface area contributed by atoms with E-state index in [1.54, 1.807) is 24.4 Å². The number of aromatic amines is 1. The van der Waals surface area contributed by atoms with E-state index < -0.39 is 0 Å². The van der Waals surface area contributed by atoms with Crippen molar-refractivity contribution in [2.45, 2.75) is 25.4 Å². The largest absolute Gasteiger partial charge is 0.494 e. The zero-order valence-corrected chi connectivity index (χ0v) is 17.4. The molecule has 2 aromatic carbocycles. The number of pyridine rings is 1. The molecule has 150 valence electrons. The Morgan fingerprint density at radius 1 is 1.21 bits per heavy atom. The summed E-state index contributed by atoms with van der Waals surface area (Å²) < 4.78 is 0.817. The Hall–Kier alpha value is -2.48. The van der Waals surface area contributed by atoms with E-state index in [1.165, 1.54) is 5.56 Å². The van der Waals surface area contributed by atoms with Crippen LogP contribution in [0.2, 0.25) is 0 Å². The molecule has 29 heavy (non-hydrogen) atoms. The van der Waals surface area contributed by atoms with Crippen molar-refractivity contribution in [2.24, 2.45) is 4.99 Å². The van der Waals surface area contributed by atoms with Gasteiger partial charge in [-0.25, -0.2) is 0 Å². The van der Waals surface area contributed by atoms with Crippen molar-refractivity contribution in [2.75, 3.05) is 13.2 Å². The van der Waals surface area contributed by atoms with Crippen molar-refractivity contribution in [3.05, 3.63) is 68.4 Å². The van der Waals surface area contributed by atoms with Crippen LogP contribution in [0.4, 0.5) is 5.69 Å². The molecule has 7 heteroatoms. The van der Waals surface area contributed by atoms with E-state index in [2.05, 4.69) is 30.8 Å². The number of benzene rings is 2. The standard InChI is InChI=1S/C22H22BrN3O3/c23-15-5-8-18-19(10-15)20(22(29)25-21(18)28)11-24-16-6-3-14(4-7-16)12-26-9-1-2-17(26)13-27/h3-8,10-11,17,27H,1-2,9,12-13H2,(H2,25,28,29). The van der Waals surface area contributed by atoms with Crippen molar-refractivity contribution < 1.29 is 10.2 Å². The summed E-state index contributed by atoms with van der Waals surface area (Å²) in [6.45, 7) is 2.03. The summed E-state index contributed by atoms with van der Waals surface area (Å²) in [5.74, 6) is -0.204. The topological polar surface area (TPSA) is 88.9 Å². The lowest BCUT2D eigenvalue weighted by molar-refractivity contribution is 0.153. The van der Waals surface area contributed by atoms with Crippen molar-refractivity contribution in [1.82, 2.24) is 9.88 Å². The maximum Gasteiger partial charge on any atom is 0.258 e. The number of aromatic hydroxyl groups is 1. The van der Waals surface area contributed by atoms with Crippen molar-refractivity contribution in [1.29, 1.82) is 0 Å². The maximum absolute atomic E-state index is 12.1. The smallest absolute Gasteiger partial charge is 0.258 e. The Labute approximate surface area is 176 Å². The molecule has 4 rings (SSSR count). The van der Waals surface area contributed by atoms with Crippen LogP contribution in [0.15, 0.2) is 56.7 Å². The van der Waals surface area contributed by atoms with Gasteiger partial charge in [-0.15, -0.1) is 0 Å². The molecule has 1 fully saturated rings. The monoisotopic (exact) mass is 455 g/mol. The van der Waals surface area contributed by atoms with Crippen LogP contribution < -0.4 is 5.56 Å². The number of likely N-dealkylation sites (tertiary alicyclic amines) is 1. The molecule has 2 heterocycles. The molecule has 1 atom stereocenters. The molecule has 0 amide bonds. The van der Waals surface area contributed by atoms with Crippen molar-refractivity contribution in [3.63, 3.8) is 0 Å². The van der Waals surface area contributed by atoms with E-state index in [9.17, 15) is 15.0 Å². The van der Waals surface area contributed by atoms with Gasteiger partial charge in [0.05, 0.1) is 17.9 Å². The molecular formula is C22H22BrN3O3. The molecule has 0 radical (unpaired) electrons. The van der Waals surface area contributed by atoms with Crippen molar-refractivity contribution in [3.8, 4) is 5.88 Å². The van der Waals surface area contributed by atoms with Gasteiger partial charge in [0.2, 0.25) is 5.88 Å². The van der Waals surface area contributed by atoms with Crippen LogP contribution in [-0.2, 0) is 6.54 Å². The Balaban J connectivity index is 1.57. The lowest BCUT2D eigenvalue weighted by atomic mass is 10.1. The zero-order valence-electron chi connectivity index (χ0n) is 15.8. The van der Waals surface area contributed by atoms with Gasteiger partial charge < -0.3 is 10.2 Å². The Kier molecular flexibility index (Phi) is 5.80. The number of halogens is 1. The van der Waals surface area contributed by atoms with Crippen molar-refractivity contribution >= 4 is 38.6 Å². The predicted molar refractivity (Wildman–Crippen MR) is 118 cm³/mol. The van der Waals surface area contributed by atoms with Gasteiger partial charge in [-0.3, -0.25) is 19.7 Å². The number of nitrogens with zero attached hydrogens (tertiary/aromatic N) is 2. The lowest BCUT2D eigenvalue weighted by Crippen LogP contribution is -2.31. The highest BCUT2D eigenvalue weighted by molar-refractivity contribution is 9.10. The Bertz CT molecular complexity index is 1110. The number of hydrogen-bond donors (Lipinski definition) is 3. The number of nitrogens with one attached hydrogen (secondary N) is 1. The third kappa shape index (κ3) is 4.27. The van der Waals surface area contributed by atoms with E-state index in [0.29, 0.717) is 16.3 Å². The number of hydrogen-bond acceptors (Lipinski definition) is 5. The highest BCUT2D eigenvalue weighted by atomic mass is 79.9. The van der Waals surface area contributed by atoms with Crippen LogP contribution in [0.3, 0.4) is 0 Å². The molecular weight excluding hydrogens is 434 g/mol. The summed E-state index contributed by atoms with van der Waals surface area (Å²) in [4.78, 5) is 21.3. The highest BCUT2D eigenvalue weighted by Gasteiger charge is 2.23. The fourth-order valence-corrected chi connectivity index (χ4v) is 4.17. The minimum atomic E-state index is -0.338. The van der Waals surface area contributed by atoms with Gasteiger partial charge in [-0.2, -0.15) is 0 Å². The molecule has 1 aromatic heterocycles. The molecule has 0 bridgehead atoms. The molecule has 0 spiro atoms. The van der Waals surface area contributed by atoms with Gasteiger partial charge in [0, 0.05) is 34.0 Å². The third-order valence-electron chi connectivity index (χ3n) is 5.38. The van der Waals surface area contributed by atoms with Gasteiger partial charge in [0.25, 0.3) is 5.56 Å². The predicted octanol–water partition coefficient (Wildman–Crippen LogP) is 3.70. The highest BCUT2D eigenvalue weighted by Crippen LogP contribution is 2.25. The summed E-state index contributed by atoms with van der Waals surface area (Å²) >= 11 is 3.41. The average molecular weight is 456 g/mol. The number of rotatable bonds is 5. The number of fused-ring (bicyclic) bond motifs is 1. The van der Waals surface area contributed by atoms with E-state index in [1.807, 2.05) is 24.3 Å². The van der Waals surface area contributed by atoms with Crippen LogP contribution >= 0.6 is 15.9 Å². The minimum Gasteiger partial charge on any atom is -0.494 e. The minimum absolute atomic E-state index is 0.203. The summed E-state index contributed by atoms with van der Waals surface area (Å²) in [6, 6.07) is 13.5. The number of aliphatic hydroxyl groups excluding tert-OH is 1. The maximum atomic E-state index is 12.1. The number of aliphatic hydroxyl groups is 1. The number of aliphatic imine (C=N–C) groups is 1. The Morgan fingerprint density at radius 3 is 2.76 bits per heavy atom. The van der Waals surface area contributed by atoms with Crippen LogP contribution in [-0.4, -0.2) is 45.5 Å². The van der Waals surface area contributed by atoms with E-state index in [0.717, 1.165) is 36.1 Å². The number of aromatic nitrogens is 1. The second-order valence-corrected chi connectivity index (χ2v) is 8.20. The summed E-state index contributed by atoms with van der Waals surface area (Å²) in [6.07, 6.45) is 3.74. The molecule has 0 aliphatic carbocycles. The van der Waals surface area contributed by atoms with Gasteiger partial charge in [-0.1, -0.05) is 28.1 Å². The molecule has 1 unspecified atom stereocenters. The zero-order chi connectivity index (χ0) is 20.4. The van der Waals surface area contributed by atoms with Crippen LogP contribution in [0, 0.1) is 0 Å². The number of H-pyrrole nitrogens is 1. The molecule has 3 N–H and O–H groups in total. The molecule has 0 saturated carbocycles. The average Bonchev–Trinajstić information content (AvgIpc) is 3.16. The van der Waals surface area contributed by atoms with Crippen LogP contribution in [0.1, 0.15) is 24.0 Å². The molecule has 6 nitrogen and oxygen atoms in total. The van der Waals surface area contributed by atoms with Crippen LogP contribution in [0.5, 0.6) is 5.88 Å². The fraction of sp³-hybridized carbons (Fsp3) is 0.273. The first-order chi connectivity index (χ1) is 14.0. The first-order valence-electron chi connectivity index (χ1n) is 9.57. The third-order valence-corrected chi connectivity index (χ3v) is 5.87. The SMILES string of the molecule is O=c1[nH]c(O)c(C=Nc2ccc(CN3CCCC3CO)cc2)c2cc(Br)ccc12. The van der Waals surface area contributed by atoms with Gasteiger partial charge in [0.1, 0.15) is 0 Å². The van der Waals surface area contributed by atoms with Gasteiger partial charge >= 0.3 is 0 Å². The second-order valence-electron chi connectivity index (χ2n) is 7.28. The summed E-state index contributed by atoms with van der Waals surface area (Å²) in [7, 11) is 0. The molecule has 1 aliphatic rings. The summed E-state index contributed by atoms with van der Waals surface area (Å²) in [5.41, 5.74) is 2.05. The van der Waals surface area contributed by atoms with Gasteiger partial charge in [0.15, 0.2) is 0 Å². The Morgan fingerprint density at radius 2 is 2.00 bits per heavy atom. The molecule has 3 aromatic rings. The van der Waals surface area contributed by atoms with E-state index >= 15 is 0 Å². The second kappa shape index (κ2) is 8.49. The quantitative estimate of drug-likeness (QED) is 0.511. The normalized spacial score (nSPS) is 17.5. The van der Waals surface area contributed by atoms with Gasteiger partial charge in [-0.05, 0) is 55.3 Å². The van der Waals surface area contributed by atoms with E-state index in [4.69, 9.17) is 0 Å². The molecule has 1 aliphatic heterocycles. The summed E-state index contributed by atoms with van der Waals surface area (Å²) in [5, 5.41) is 20.8. The fourth-order valence-electron chi connectivity index (χ4n) is 3.81. The van der Waals surface area contributed by atoms with Crippen LogP contribution in [0.25, 0.3) is 10.8 Å².